The van der Waals surface area contributed by atoms with Gasteiger partial charge in [0.25, 0.3) is 0 Å². The van der Waals surface area contributed by atoms with Gasteiger partial charge in [0.05, 0.1) is 16.1 Å². The van der Waals surface area contributed by atoms with Gasteiger partial charge in [0, 0.05) is 10.1 Å². The number of aromatic carboxylic acids is 1. The van der Waals surface area contributed by atoms with Gasteiger partial charge in [0.2, 0.25) is 10.0 Å². The second-order valence-corrected chi connectivity index (χ2v) is 8.13. The van der Waals surface area contributed by atoms with Gasteiger partial charge in [-0.05, 0) is 53.6 Å². The van der Waals surface area contributed by atoms with Gasteiger partial charge in [-0.25, -0.2) is 17.9 Å². The first-order valence-electron chi connectivity index (χ1n) is 6.48. The summed E-state index contributed by atoms with van der Waals surface area (Å²) in [6, 6.07) is 3.93. The highest BCUT2D eigenvalue weighted by atomic mass is 127. The standard InChI is InChI=1S/C13H16INO5S/c14-11-4-3-9(7-10(11)12(16)17)21(19,20)15-8-13(18)5-1-2-6-13/h3-4,7,15,18H,1-2,5-6,8H2,(H,16,17). The van der Waals surface area contributed by atoms with Crippen LogP contribution in [0.1, 0.15) is 36.0 Å². The first kappa shape index (κ1) is 16.7. The molecule has 1 aliphatic rings. The molecule has 116 valence electrons. The maximum absolute atomic E-state index is 12.2. The molecule has 0 radical (unpaired) electrons. The Morgan fingerprint density at radius 3 is 2.52 bits per heavy atom. The topological polar surface area (TPSA) is 104 Å². The SMILES string of the molecule is O=C(O)c1cc(S(=O)(=O)NCC2(O)CCCC2)ccc1I. The molecule has 0 unspecified atom stereocenters. The molecule has 1 aromatic rings. The van der Waals surface area contributed by atoms with Crippen LogP contribution in [0.2, 0.25) is 0 Å². The second kappa shape index (κ2) is 6.19. The molecule has 0 saturated heterocycles. The summed E-state index contributed by atoms with van der Waals surface area (Å²) in [7, 11) is -3.84. The minimum atomic E-state index is -3.84. The Bertz CT molecular complexity index is 653. The van der Waals surface area contributed by atoms with Crippen LogP contribution < -0.4 is 4.72 Å². The van der Waals surface area contributed by atoms with Crippen molar-refractivity contribution in [3.63, 3.8) is 0 Å². The van der Waals surface area contributed by atoms with E-state index < -0.39 is 21.6 Å². The summed E-state index contributed by atoms with van der Waals surface area (Å²) < 4.78 is 27.2. The third kappa shape index (κ3) is 3.93. The molecule has 0 aliphatic heterocycles. The van der Waals surface area contributed by atoms with E-state index in [0.717, 1.165) is 18.9 Å². The van der Waals surface area contributed by atoms with Gasteiger partial charge in [-0.3, -0.25) is 0 Å². The van der Waals surface area contributed by atoms with Crippen molar-refractivity contribution in [1.29, 1.82) is 0 Å². The lowest BCUT2D eigenvalue weighted by molar-refractivity contribution is 0.0531. The zero-order chi connectivity index (χ0) is 15.7. The van der Waals surface area contributed by atoms with Crippen LogP contribution in [-0.4, -0.2) is 36.7 Å². The van der Waals surface area contributed by atoms with E-state index in [-0.39, 0.29) is 17.0 Å². The summed E-state index contributed by atoms with van der Waals surface area (Å²) in [5, 5.41) is 19.2. The van der Waals surface area contributed by atoms with E-state index in [1.807, 2.05) is 22.6 Å². The van der Waals surface area contributed by atoms with E-state index in [4.69, 9.17) is 5.11 Å². The lowest BCUT2D eigenvalue weighted by atomic mass is 10.0. The highest BCUT2D eigenvalue weighted by Gasteiger charge is 2.32. The van der Waals surface area contributed by atoms with Gasteiger partial charge in [0.1, 0.15) is 0 Å². The van der Waals surface area contributed by atoms with Gasteiger partial charge in [-0.1, -0.05) is 12.8 Å². The molecule has 1 aromatic carbocycles. The smallest absolute Gasteiger partial charge is 0.336 e. The Morgan fingerprint density at radius 1 is 1.33 bits per heavy atom. The summed E-state index contributed by atoms with van der Waals surface area (Å²) in [6.07, 6.45) is 2.90. The predicted octanol–water partition coefficient (Wildman–Crippen LogP) is 1.57. The fourth-order valence-electron chi connectivity index (χ4n) is 2.36. The van der Waals surface area contributed by atoms with E-state index in [2.05, 4.69) is 4.72 Å². The molecule has 0 bridgehead atoms. The van der Waals surface area contributed by atoms with Gasteiger partial charge >= 0.3 is 5.97 Å². The van der Waals surface area contributed by atoms with Crippen molar-refractivity contribution in [2.75, 3.05) is 6.54 Å². The molecule has 21 heavy (non-hydrogen) atoms. The van der Waals surface area contributed by atoms with Crippen molar-refractivity contribution in [1.82, 2.24) is 4.72 Å². The van der Waals surface area contributed by atoms with Gasteiger partial charge in [0.15, 0.2) is 0 Å². The molecule has 1 saturated carbocycles. The fraction of sp³-hybridized carbons (Fsp3) is 0.462. The number of hydrogen-bond acceptors (Lipinski definition) is 4. The number of rotatable bonds is 5. The van der Waals surface area contributed by atoms with E-state index in [1.165, 1.54) is 12.1 Å². The molecule has 6 nitrogen and oxygen atoms in total. The summed E-state index contributed by atoms with van der Waals surface area (Å²) in [5.41, 5.74) is -1.05. The van der Waals surface area contributed by atoms with E-state index in [0.29, 0.717) is 16.4 Å². The van der Waals surface area contributed by atoms with Gasteiger partial charge in [-0.2, -0.15) is 0 Å². The Balaban J connectivity index is 2.19. The predicted molar refractivity (Wildman–Crippen MR) is 84.7 cm³/mol. The van der Waals surface area contributed by atoms with Crippen molar-refractivity contribution in [3.8, 4) is 0 Å². The van der Waals surface area contributed by atoms with Crippen molar-refractivity contribution >= 4 is 38.6 Å². The van der Waals surface area contributed by atoms with Crippen LogP contribution in [0.15, 0.2) is 23.1 Å². The maximum atomic E-state index is 12.2. The van der Waals surface area contributed by atoms with E-state index >= 15 is 0 Å². The summed E-state index contributed by atoms with van der Waals surface area (Å²) in [5.74, 6) is -1.18. The van der Waals surface area contributed by atoms with Crippen molar-refractivity contribution in [2.45, 2.75) is 36.2 Å². The zero-order valence-corrected chi connectivity index (χ0v) is 14.1. The normalized spacial score (nSPS) is 17.8. The monoisotopic (exact) mass is 425 g/mol. The Hall–Kier alpha value is -0.710. The molecular formula is C13H16INO5S. The number of nitrogens with one attached hydrogen (secondary N) is 1. The van der Waals surface area contributed by atoms with Crippen molar-refractivity contribution in [2.24, 2.45) is 0 Å². The van der Waals surface area contributed by atoms with Crippen LogP contribution >= 0.6 is 22.6 Å². The Morgan fingerprint density at radius 2 is 1.95 bits per heavy atom. The molecule has 0 aromatic heterocycles. The van der Waals surface area contributed by atoms with E-state index in [1.54, 1.807) is 0 Å². The molecule has 1 aliphatic carbocycles. The average molecular weight is 425 g/mol. The number of sulfonamides is 1. The number of carboxylic acids is 1. The first-order chi connectivity index (χ1) is 9.73. The zero-order valence-electron chi connectivity index (χ0n) is 11.2. The summed E-state index contributed by atoms with van der Waals surface area (Å²) >= 11 is 1.84. The molecule has 1 fully saturated rings. The minimum absolute atomic E-state index is 0.0519. The number of benzene rings is 1. The average Bonchev–Trinajstić information content (AvgIpc) is 2.84. The van der Waals surface area contributed by atoms with Gasteiger partial charge < -0.3 is 10.2 Å². The molecule has 3 N–H and O–H groups in total. The molecular weight excluding hydrogens is 409 g/mol. The van der Waals surface area contributed by atoms with Crippen molar-refractivity contribution in [3.05, 3.63) is 27.3 Å². The third-order valence-electron chi connectivity index (χ3n) is 3.60. The summed E-state index contributed by atoms with van der Waals surface area (Å²) in [4.78, 5) is 10.9. The number of carboxylic acid groups (broad SMARTS) is 1. The third-order valence-corrected chi connectivity index (χ3v) is 5.94. The quantitative estimate of drug-likeness (QED) is 0.622. The van der Waals surface area contributed by atoms with Crippen LogP contribution in [0.5, 0.6) is 0 Å². The van der Waals surface area contributed by atoms with Gasteiger partial charge in [-0.15, -0.1) is 0 Å². The van der Waals surface area contributed by atoms with Crippen LogP contribution in [-0.2, 0) is 10.0 Å². The largest absolute Gasteiger partial charge is 0.478 e. The molecule has 0 atom stereocenters. The number of carbonyl (C=O) groups is 1. The minimum Gasteiger partial charge on any atom is -0.478 e. The van der Waals surface area contributed by atoms with Crippen LogP contribution in [0.4, 0.5) is 0 Å². The van der Waals surface area contributed by atoms with E-state index in [9.17, 15) is 18.3 Å². The molecule has 8 heteroatoms. The molecule has 2 rings (SSSR count). The number of aliphatic hydroxyl groups is 1. The van der Waals surface area contributed by atoms with Crippen LogP contribution in [0, 0.1) is 3.57 Å². The Labute approximate surface area is 136 Å². The fourth-order valence-corrected chi connectivity index (χ4v) is 4.07. The summed E-state index contributed by atoms with van der Waals surface area (Å²) in [6.45, 7) is -0.0519. The van der Waals surface area contributed by atoms with Crippen molar-refractivity contribution < 1.29 is 23.4 Å². The molecule has 0 amide bonds. The highest BCUT2D eigenvalue weighted by Crippen LogP contribution is 2.29. The second-order valence-electron chi connectivity index (χ2n) is 5.20. The lowest BCUT2D eigenvalue weighted by Crippen LogP contribution is -2.40. The Kier molecular flexibility index (Phi) is 4.91. The molecule has 0 spiro atoms. The highest BCUT2D eigenvalue weighted by molar-refractivity contribution is 14.1. The number of hydrogen-bond donors (Lipinski definition) is 3. The lowest BCUT2D eigenvalue weighted by Gasteiger charge is -2.22. The number of halogens is 1. The first-order valence-corrected chi connectivity index (χ1v) is 9.05. The molecule has 0 heterocycles. The van der Waals surface area contributed by atoms with Crippen LogP contribution in [0.3, 0.4) is 0 Å². The maximum Gasteiger partial charge on any atom is 0.336 e. The van der Waals surface area contributed by atoms with Crippen LogP contribution in [0.25, 0.3) is 0 Å².